The van der Waals surface area contributed by atoms with Crippen molar-refractivity contribution in [2.24, 2.45) is 0 Å². The van der Waals surface area contributed by atoms with Crippen molar-refractivity contribution in [3.05, 3.63) is 113 Å². The number of benzene rings is 1. The van der Waals surface area contributed by atoms with E-state index in [0.29, 0.717) is 17.3 Å². The van der Waals surface area contributed by atoms with Gasteiger partial charge in [-0.2, -0.15) is 0 Å². The summed E-state index contributed by atoms with van der Waals surface area (Å²) in [6, 6.07) is 18.7. The maximum absolute atomic E-state index is 14.7. The quantitative estimate of drug-likeness (QED) is 0.418. The van der Waals surface area contributed by atoms with Crippen molar-refractivity contribution in [2.45, 2.75) is 32.5 Å². The molecule has 0 saturated carbocycles. The van der Waals surface area contributed by atoms with Gasteiger partial charge in [-0.05, 0) is 79.7 Å². The van der Waals surface area contributed by atoms with Gasteiger partial charge in [-0.3, -0.25) is 9.97 Å². The number of para-hydroxylation sites is 1. The first-order valence-electron chi connectivity index (χ1n) is 10.9. The fourth-order valence-electron chi connectivity index (χ4n) is 4.69. The van der Waals surface area contributed by atoms with E-state index in [-0.39, 0.29) is 17.9 Å². The Labute approximate surface area is 197 Å². The maximum atomic E-state index is 14.7. The minimum Gasteiger partial charge on any atom is -0.352 e. The second-order valence-corrected chi connectivity index (χ2v) is 8.61. The number of hydrogen-bond acceptors (Lipinski definition) is 3. The summed E-state index contributed by atoms with van der Waals surface area (Å²) in [5.74, 6) is -0.249. The Balaban J connectivity index is 1.63. The summed E-state index contributed by atoms with van der Waals surface area (Å²) < 4.78 is 16.7. The summed E-state index contributed by atoms with van der Waals surface area (Å²) in [7, 11) is 0. The summed E-state index contributed by atoms with van der Waals surface area (Å²) in [6.45, 7) is 4.68. The average molecular weight is 458 g/mol. The number of rotatable bonds is 5. The molecule has 0 bridgehead atoms. The molecular weight excluding hydrogens is 433 g/mol. The highest BCUT2D eigenvalue weighted by Crippen LogP contribution is 2.42. The first kappa shape index (κ1) is 21.3. The molecule has 33 heavy (non-hydrogen) atoms. The SMILES string of the molecule is Cc1cc(C2C(c3ccccn3)NC(=S)N2Cc2ccncc2)c(C)n1-c1ccccc1F. The Morgan fingerprint density at radius 1 is 1.00 bits per heavy atom. The van der Waals surface area contributed by atoms with Crippen molar-refractivity contribution in [2.75, 3.05) is 0 Å². The van der Waals surface area contributed by atoms with E-state index < -0.39 is 0 Å². The van der Waals surface area contributed by atoms with Crippen LogP contribution in [-0.2, 0) is 6.54 Å². The third kappa shape index (κ3) is 3.89. The van der Waals surface area contributed by atoms with Crippen LogP contribution in [0.1, 0.15) is 40.3 Å². The van der Waals surface area contributed by atoms with Crippen LogP contribution in [0.15, 0.2) is 79.3 Å². The van der Waals surface area contributed by atoms with E-state index in [4.69, 9.17) is 12.2 Å². The molecule has 1 saturated heterocycles. The minimum absolute atomic E-state index is 0.104. The molecule has 166 valence electrons. The molecule has 1 aliphatic rings. The molecule has 4 heterocycles. The van der Waals surface area contributed by atoms with Gasteiger partial charge in [-0.25, -0.2) is 4.39 Å². The molecule has 0 spiro atoms. The van der Waals surface area contributed by atoms with E-state index in [9.17, 15) is 4.39 Å². The fourth-order valence-corrected chi connectivity index (χ4v) is 5.00. The Kier molecular flexibility index (Phi) is 5.64. The number of halogens is 1. The van der Waals surface area contributed by atoms with Crippen LogP contribution in [0.25, 0.3) is 5.69 Å². The second kappa shape index (κ2) is 8.75. The largest absolute Gasteiger partial charge is 0.352 e. The lowest BCUT2D eigenvalue weighted by molar-refractivity contribution is 0.310. The zero-order valence-electron chi connectivity index (χ0n) is 18.4. The number of nitrogens with zero attached hydrogens (tertiary/aromatic N) is 4. The Hall–Kier alpha value is -3.58. The first-order chi connectivity index (χ1) is 16.0. The Bertz CT molecular complexity index is 1290. The lowest BCUT2D eigenvalue weighted by Gasteiger charge is -2.28. The molecule has 7 heteroatoms. The number of hydrogen-bond donors (Lipinski definition) is 1. The lowest BCUT2D eigenvalue weighted by Crippen LogP contribution is -2.29. The van der Waals surface area contributed by atoms with Crippen LogP contribution in [0.3, 0.4) is 0 Å². The number of nitrogens with one attached hydrogen (secondary N) is 1. The van der Waals surface area contributed by atoms with Gasteiger partial charge >= 0.3 is 0 Å². The van der Waals surface area contributed by atoms with Crippen LogP contribution in [0, 0.1) is 19.7 Å². The molecule has 3 aromatic heterocycles. The van der Waals surface area contributed by atoms with Gasteiger partial charge in [0, 0.05) is 36.5 Å². The number of thiocarbonyl (C=S) groups is 1. The molecule has 2 unspecified atom stereocenters. The third-order valence-electron chi connectivity index (χ3n) is 6.18. The summed E-state index contributed by atoms with van der Waals surface area (Å²) in [6.07, 6.45) is 5.37. The highest BCUT2D eigenvalue weighted by molar-refractivity contribution is 7.80. The van der Waals surface area contributed by atoms with E-state index in [1.807, 2.05) is 60.9 Å². The third-order valence-corrected chi connectivity index (χ3v) is 6.53. The van der Waals surface area contributed by atoms with E-state index in [1.54, 1.807) is 24.7 Å². The molecule has 0 amide bonds. The van der Waals surface area contributed by atoms with Gasteiger partial charge in [-0.15, -0.1) is 0 Å². The van der Waals surface area contributed by atoms with Gasteiger partial charge in [0.1, 0.15) is 5.82 Å². The van der Waals surface area contributed by atoms with Crippen molar-refractivity contribution < 1.29 is 4.39 Å². The van der Waals surface area contributed by atoms with Gasteiger partial charge in [0.25, 0.3) is 0 Å². The molecule has 1 aromatic carbocycles. The van der Waals surface area contributed by atoms with Crippen LogP contribution in [-0.4, -0.2) is 24.5 Å². The van der Waals surface area contributed by atoms with Crippen molar-refractivity contribution >= 4 is 17.3 Å². The van der Waals surface area contributed by atoms with Gasteiger partial charge in [0.15, 0.2) is 5.11 Å². The highest BCUT2D eigenvalue weighted by Gasteiger charge is 2.41. The zero-order valence-corrected chi connectivity index (χ0v) is 19.3. The number of pyridine rings is 2. The molecular formula is C26H24FN5S. The molecule has 2 atom stereocenters. The standard InChI is InChI=1S/C26H24FN5S/c1-17-15-20(18(2)32(17)23-9-4-3-7-21(23)27)25-24(22-8-5-6-12-29-22)30-26(33)31(25)16-19-10-13-28-14-11-19/h3-15,24-25H,16H2,1-2H3,(H,30,33). The van der Waals surface area contributed by atoms with Gasteiger partial charge < -0.3 is 14.8 Å². The lowest BCUT2D eigenvalue weighted by atomic mass is 9.96. The Morgan fingerprint density at radius 2 is 1.76 bits per heavy atom. The smallest absolute Gasteiger partial charge is 0.170 e. The van der Waals surface area contributed by atoms with Crippen molar-refractivity contribution in [3.8, 4) is 5.69 Å². The van der Waals surface area contributed by atoms with Gasteiger partial charge in [0.2, 0.25) is 0 Å². The fraction of sp³-hybridized carbons (Fsp3) is 0.192. The molecule has 1 fully saturated rings. The summed E-state index contributed by atoms with van der Waals surface area (Å²) in [5, 5.41) is 4.16. The molecule has 5 rings (SSSR count). The van der Waals surface area contributed by atoms with Crippen LogP contribution >= 0.6 is 12.2 Å². The molecule has 4 aromatic rings. The van der Waals surface area contributed by atoms with Crippen molar-refractivity contribution in [1.29, 1.82) is 0 Å². The van der Waals surface area contributed by atoms with Crippen LogP contribution < -0.4 is 5.32 Å². The molecule has 1 aliphatic heterocycles. The molecule has 0 aliphatic carbocycles. The van der Waals surface area contributed by atoms with Gasteiger partial charge in [-0.1, -0.05) is 18.2 Å². The summed E-state index contributed by atoms with van der Waals surface area (Å²) in [4.78, 5) is 10.9. The monoisotopic (exact) mass is 457 g/mol. The number of aryl methyl sites for hydroxylation is 1. The first-order valence-corrected chi connectivity index (χ1v) is 11.3. The predicted octanol–water partition coefficient (Wildman–Crippen LogP) is 5.20. The minimum atomic E-state index is -0.249. The average Bonchev–Trinajstić information content (AvgIpc) is 3.30. The normalized spacial score (nSPS) is 17.9. The highest BCUT2D eigenvalue weighted by atomic mass is 32.1. The zero-order chi connectivity index (χ0) is 22.9. The van der Waals surface area contributed by atoms with Crippen LogP contribution in [0.5, 0.6) is 0 Å². The van der Waals surface area contributed by atoms with Crippen molar-refractivity contribution in [3.63, 3.8) is 0 Å². The Morgan fingerprint density at radius 3 is 2.48 bits per heavy atom. The second-order valence-electron chi connectivity index (χ2n) is 8.22. The van der Waals surface area contributed by atoms with Crippen molar-refractivity contribution in [1.82, 2.24) is 24.8 Å². The van der Waals surface area contributed by atoms with Crippen LogP contribution in [0.4, 0.5) is 4.39 Å². The summed E-state index contributed by atoms with van der Waals surface area (Å²) in [5.41, 5.74) is 5.61. The molecule has 0 radical (unpaired) electrons. The predicted molar refractivity (Wildman–Crippen MR) is 130 cm³/mol. The van der Waals surface area contributed by atoms with E-state index in [1.165, 1.54) is 6.07 Å². The van der Waals surface area contributed by atoms with E-state index in [2.05, 4.69) is 26.3 Å². The van der Waals surface area contributed by atoms with E-state index >= 15 is 0 Å². The van der Waals surface area contributed by atoms with Crippen LogP contribution in [0.2, 0.25) is 0 Å². The maximum Gasteiger partial charge on any atom is 0.170 e. The topological polar surface area (TPSA) is 46.0 Å². The number of aromatic nitrogens is 3. The summed E-state index contributed by atoms with van der Waals surface area (Å²) >= 11 is 5.80. The van der Waals surface area contributed by atoms with E-state index in [0.717, 1.165) is 28.2 Å². The molecule has 1 N–H and O–H groups in total. The van der Waals surface area contributed by atoms with Gasteiger partial charge in [0.05, 0.1) is 23.5 Å². The molecule has 5 nitrogen and oxygen atoms in total.